The van der Waals surface area contributed by atoms with Crippen LogP contribution in [-0.2, 0) is 6.61 Å². The number of carbonyl (C=O) groups excluding carboxylic acids is 1. The van der Waals surface area contributed by atoms with E-state index < -0.39 is 11.7 Å². The fourth-order valence-corrected chi connectivity index (χ4v) is 3.01. The maximum atomic E-state index is 13.0. The Morgan fingerprint density at radius 3 is 2.48 bits per heavy atom. The average molecular weight is 441 g/mol. The van der Waals surface area contributed by atoms with Crippen molar-refractivity contribution >= 4 is 23.7 Å². The van der Waals surface area contributed by atoms with Gasteiger partial charge in [0.05, 0.1) is 17.8 Å². The number of rotatable bonds is 8. The van der Waals surface area contributed by atoms with Gasteiger partial charge >= 0.3 is 0 Å². The van der Waals surface area contributed by atoms with Crippen molar-refractivity contribution in [2.75, 3.05) is 6.61 Å². The van der Waals surface area contributed by atoms with Crippen LogP contribution in [0.15, 0.2) is 65.8 Å². The van der Waals surface area contributed by atoms with Crippen molar-refractivity contribution in [3.8, 4) is 11.5 Å². The molecule has 0 saturated heterocycles. The first kappa shape index (κ1) is 22.3. The van der Waals surface area contributed by atoms with E-state index in [9.17, 15) is 9.18 Å². The van der Waals surface area contributed by atoms with Crippen molar-refractivity contribution in [2.45, 2.75) is 20.5 Å². The van der Waals surface area contributed by atoms with Gasteiger partial charge in [-0.2, -0.15) is 5.10 Å². The third kappa shape index (κ3) is 6.30. The lowest BCUT2D eigenvalue weighted by molar-refractivity contribution is 0.0955. The highest BCUT2D eigenvalue weighted by molar-refractivity contribution is 6.32. The summed E-state index contributed by atoms with van der Waals surface area (Å²) in [5.74, 6) is 0.0540. The third-order valence-electron chi connectivity index (χ3n) is 4.32. The van der Waals surface area contributed by atoms with E-state index in [0.29, 0.717) is 40.9 Å². The van der Waals surface area contributed by atoms with Crippen LogP contribution in [0.1, 0.15) is 34.0 Å². The number of carbonyl (C=O) groups is 1. The Labute approximate surface area is 185 Å². The maximum absolute atomic E-state index is 13.0. The van der Waals surface area contributed by atoms with Gasteiger partial charge in [-0.1, -0.05) is 41.4 Å². The molecular weight excluding hydrogens is 419 g/mol. The predicted octanol–water partition coefficient (Wildman–Crippen LogP) is 5.53. The molecule has 0 radical (unpaired) electrons. The van der Waals surface area contributed by atoms with Gasteiger partial charge in [0.15, 0.2) is 11.5 Å². The highest BCUT2D eigenvalue weighted by Gasteiger charge is 2.13. The zero-order valence-corrected chi connectivity index (χ0v) is 17.9. The lowest BCUT2D eigenvalue weighted by Crippen LogP contribution is -2.17. The van der Waals surface area contributed by atoms with Crippen LogP contribution in [0.25, 0.3) is 0 Å². The second-order valence-electron chi connectivity index (χ2n) is 6.74. The molecule has 0 aliphatic rings. The minimum atomic E-state index is -0.453. The van der Waals surface area contributed by atoms with Gasteiger partial charge in [-0.25, -0.2) is 9.82 Å². The molecule has 0 saturated carbocycles. The third-order valence-corrected chi connectivity index (χ3v) is 4.60. The summed E-state index contributed by atoms with van der Waals surface area (Å²) < 4.78 is 24.6. The summed E-state index contributed by atoms with van der Waals surface area (Å²) in [6.07, 6.45) is 1.44. The smallest absolute Gasteiger partial charge is 0.271 e. The van der Waals surface area contributed by atoms with E-state index in [0.717, 1.165) is 5.56 Å². The van der Waals surface area contributed by atoms with E-state index in [1.807, 2.05) is 38.1 Å². The number of nitrogens with one attached hydrogen (secondary N) is 1. The summed E-state index contributed by atoms with van der Waals surface area (Å²) in [7, 11) is 0. The quantitative estimate of drug-likeness (QED) is 0.370. The summed E-state index contributed by atoms with van der Waals surface area (Å²) in [5, 5.41) is 4.31. The molecule has 0 bridgehead atoms. The molecule has 0 aliphatic carbocycles. The van der Waals surface area contributed by atoms with E-state index in [2.05, 4.69) is 10.5 Å². The largest absolute Gasteiger partial charge is 0.490 e. The fraction of sp³-hybridized carbons (Fsp3) is 0.167. The van der Waals surface area contributed by atoms with Gasteiger partial charge in [0.2, 0.25) is 0 Å². The standard InChI is InChI=1S/C24H22ClFN2O3/c1-3-30-22-13-18(14-27-28-24(29)19-8-10-20(26)11-9-19)12-21(25)23(22)31-15-17-6-4-16(2)5-7-17/h4-14H,3,15H2,1-2H3,(H,28,29)/b27-14-. The molecular formula is C24H22ClFN2O3. The predicted molar refractivity (Wildman–Crippen MR) is 120 cm³/mol. The molecule has 7 heteroatoms. The van der Waals surface area contributed by atoms with Crippen molar-refractivity contribution in [1.29, 1.82) is 0 Å². The zero-order chi connectivity index (χ0) is 22.2. The Balaban J connectivity index is 1.71. The molecule has 5 nitrogen and oxygen atoms in total. The normalized spacial score (nSPS) is 10.8. The van der Waals surface area contributed by atoms with Gasteiger partial charge in [-0.3, -0.25) is 4.79 Å². The Morgan fingerprint density at radius 2 is 1.81 bits per heavy atom. The summed E-state index contributed by atoms with van der Waals surface area (Å²) in [6, 6.07) is 16.6. The molecule has 3 aromatic rings. The molecule has 0 unspecified atom stereocenters. The molecule has 0 atom stereocenters. The number of ether oxygens (including phenoxy) is 2. The van der Waals surface area contributed by atoms with Crippen LogP contribution >= 0.6 is 11.6 Å². The van der Waals surface area contributed by atoms with Gasteiger partial charge in [-0.15, -0.1) is 0 Å². The second-order valence-corrected chi connectivity index (χ2v) is 7.15. The van der Waals surface area contributed by atoms with Gasteiger partial charge in [-0.05, 0) is 61.4 Å². The van der Waals surface area contributed by atoms with E-state index in [4.69, 9.17) is 21.1 Å². The van der Waals surface area contributed by atoms with Gasteiger partial charge in [0, 0.05) is 5.56 Å². The summed E-state index contributed by atoms with van der Waals surface area (Å²) in [5.41, 5.74) is 5.50. The first-order chi connectivity index (χ1) is 15.0. The van der Waals surface area contributed by atoms with E-state index in [1.165, 1.54) is 36.0 Å². The van der Waals surface area contributed by atoms with Crippen molar-refractivity contribution in [2.24, 2.45) is 5.10 Å². The monoisotopic (exact) mass is 440 g/mol. The van der Waals surface area contributed by atoms with Gasteiger partial charge in [0.25, 0.3) is 5.91 Å². The topological polar surface area (TPSA) is 59.9 Å². The van der Waals surface area contributed by atoms with Crippen LogP contribution in [0.2, 0.25) is 5.02 Å². The number of nitrogens with zero attached hydrogens (tertiary/aromatic N) is 1. The number of hydrogen-bond acceptors (Lipinski definition) is 4. The number of aryl methyl sites for hydroxylation is 1. The van der Waals surface area contributed by atoms with E-state index >= 15 is 0 Å². The molecule has 1 amide bonds. The number of amides is 1. The van der Waals surface area contributed by atoms with Crippen molar-refractivity contribution in [3.05, 3.63) is 93.8 Å². The Bertz CT molecular complexity index is 1070. The molecule has 0 fully saturated rings. The number of hydrogen-bond donors (Lipinski definition) is 1. The van der Waals surface area contributed by atoms with Crippen molar-refractivity contribution in [1.82, 2.24) is 5.43 Å². The highest BCUT2D eigenvalue weighted by atomic mass is 35.5. The Hall–Kier alpha value is -3.38. The fourth-order valence-electron chi connectivity index (χ4n) is 2.74. The molecule has 160 valence electrons. The van der Waals surface area contributed by atoms with Crippen LogP contribution in [-0.4, -0.2) is 18.7 Å². The molecule has 0 heterocycles. The molecule has 31 heavy (non-hydrogen) atoms. The number of benzene rings is 3. The van der Waals surface area contributed by atoms with Crippen LogP contribution in [0.5, 0.6) is 11.5 Å². The molecule has 1 N–H and O–H groups in total. The Morgan fingerprint density at radius 1 is 1.10 bits per heavy atom. The van der Waals surface area contributed by atoms with Crippen LogP contribution in [0.4, 0.5) is 4.39 Å². The summed E-state index contributed by atoms with van der Waals surface area (Å²) in [6.45, 7) is 4.67. The van der Waals surface area contributed by atoms with Crippen molar-refractivity contribution in [3.63, 3.8) is 0 Å². The summed E-state index contributed by atoms with van der Waals surface area (Å²) >= 11 is 6.42. The molecule has 0 spiro atoms. The molecule has 3 rings (SSSR count). The lowest BCUT2D eigenvalue weighted by atomic mass is 10.1. The average Bonchev–Trinajstić information content (AvgIpc) is 2.75. The Kier molecular flexibility index (Phi) is 7.62. The first-order valence-electron chi connectivity index (χ1n) is 9.70. The van der Waals surface area contributed by atoms with Gasteiger partial charge in [0.1, 0.15) is 12.4 Å². The minimum absolute atomic E-state index is 0.298. The number of hydrazone groups is 1. The lowest BCUT2D eigenvalue weighted by Gasteiger charge is -2.14. The minimum Gasteiger partial charge on any atom is -0.490 e. The number of halogens is 2. The van der Waals surface area contributed by atoms with Crippen molar-refractivity contribution < 1.29 is 18.7 Å². The molecule has 0 aliphatic heterocycles. The summed E-state index contributed by atoms with van der Waals surface area (Å²) in [4.78, 5) is 12.1. The van der Waals surface area contributed by atoms with Crippen LogP contribution in [0.3, 0.4) is 0 Å². The molecule has 0 aromatic heterocycles. The zero-order valence-electron chi connectivity index (χ0n) is 17.2. The SMILES string of the molecule is CCOc1cc(/C=N\NC(=O)c2ccc(F)cc2)cc(Cl)c1OCc1ccc(C)cc1. The van der Waals surface area contributed by atoms with Crippen LogP contribution in [0, 0.1) is 12.7 Å². The maximum Gasteiger partial charge on any atom is 0.271 e. The van der Waals surface area contributed by atoms with Gasteiger partial charge < -0.3 is 9.47 Å². The van der Waals surface area contributed by atoms with E-state index in [-0.39, 0.29) is 0 Å². The highest BCUT2D eigenvalue weighted by Crippen LogP contribution is 2.37. The second kappa shape index (κ2) is 10.6. The molecule has 3 aromatic carbocycles. The van der Waals surface area contributed by atoms with E-state index in [1.54, 1.807) is 12.1 Å². The first-order valence-corrected chi connectivity index (χ1v) is 10.1. The van der Waals surface area contributed by atoms with Crippen LogP contribution < -0.4 is 14.9 Å².